The van der Waals surface area contributed by atoms with E-state index >= 15 is 0 Å². The van der Waals surface area contributed by atoms with E-state index in [9.17, 15) is 8.42 Å². The van der Waals surface area contributed by atoms with Crippen molar-refractivity contribution in [3.05, 3.63) is 53.6 Å². The van der Waals surface area contributed by atoms with E-state index in [4.69, 9.17) is 9.47 Å². The molecule has 0 radical (unpaired) electrons. The quantitative estimate of drug-likeness (QED) is 0.711. The van der Waals surface area contributed by atoms with Crippen LogP contribution in [0.25, 0.3) is 0 Å². The van der Waals surface area contributed by atoms with Gasteiger partial charge in [0.25, 0.3) is 0 Å². The molecule has 0 aromatic heterocycles. The SMILES string of the molecule is CCOc1ccc(C(CNS(=O)(=O)c2cc(C)ccc2OC)N(C)C)cc1. The molecule has 1 atom stereocenters. The van der Waals surface area contributed by atoms with E-state index in [1.54, 1.807) is 12.1 Å². The molecule has 0 heterocycles. The van der Waals surface area contributed by atoms with Gasteiger partial charge in [-0.05, 0) is 63.3 Å². The highest BCUT2D eigenvalue weighted by Crippen LogP contribution is 2.26. The maximum absolute atomic E-state index is 12.8. The summed E-state index contributed by atoms with van der Waals surface area (Å²) in [6.07, 6.45) is 0. The van der Waals surface area contributed by atoms with Crippen LogP contribution in [-0.4, -0.2) is 47.7 Å². The topological polar surface area (TPSA) is 67.9 Å². The van der Waals surface area contributed by atoms with Crippen molar-refractivity contribution in [2.75, 3.05) is 34.4 Å². The van der Waals surface area contributed by atoms with Crippen LogP contribution in [0, 0.1) is 6.92 Å². The average Bonchev–Trinajstić information content (AvgIpc) is 2.63. The Bertz CT molecular complexity index is 849. The summed E-state index contributed by atoms with van der Waals surface area (Å²) in [6.45, 7) is 4.63. The van der Waals surface area contributed by atoms with Gasteiger partial charge in [-0.2, -0.15) is 0 Å². The molecule has 7 heteroatoms. The monoisotopic (exact) mass is 392 g/mol. The molecule has 0 saturated carbocycles. The predicted octanol–water partition coefficient (Wildman–Crippen LogP) is 2.98. The zero-order valence-corrected chi connectivity index (χ0v) is 17.3. The van der Waals surface area contributed by atoms with Gasteiger partial charge in [-0.1, -0.05) is 18.2 Å². The van der Waals surface area contributed by atoms with Gasteiger partial charge in [0.05, 0.1) is 13.7 Å². The Labute approximate surface area is 162 Å². The summed E-state index contributed by atoms with van der Waals surface area (Å²) < 4.78 is 39.1. The van der Waals surface area contributed by atoms with Crippen LogP contribution in [0.1, 0.15) is 24.1 Å². The number of nitrogens with zero attached hydrogens (tertiary/aromatic N) is 1. The summed E-state index contributed by atoms with van der Waals surface area (Å²) >= 11 is 0. The number of hydrogen-bond donors (Lipinski definition) is 1. The first-order chi connectivity index (χ1) is 12.8. The van der Waals surface area contributed by atoms with E-state index in [1.165, 1.54) is 7.11 Å². The molecule has 2 aromatic rings. The van der Waals surface area contributed by atoms with Crippen LogP contribution in [0.5, 0.6) is 11.5 Å². The third kappa shape index (κ3) is 5.45. The molecule has 148 valence electrons. The van der Waals surface area contributed by atoms with E-state index in [1.807, 2.05) is 63.2 Å². The molecule has 1 N–H and O–H groups in total. The van der Waals surface area contributed by atoms with Crippen molar-refractivity contribution < 1.29 is 17.9 Å². The van der Waals surface area contributed by atoms with E-state index in [0.29, 0.717) is 12.4 Å². The van der Waals surface area contributed by atoms with Gasteiger partial charge in [0.1, 0.15) is 16.4 Å². The second-order valence-corrected chi connectivity index (χ2v) is 8.22. The third-order valence-electron chi connectivity index (χ3n) is 4.27. The molecule has 0 aliphatic rings. The van der Waals surface area contributed by atoms with Crippen LogP contribution < -0.4 is 14.2 Å². The molecule has 0 aliphatic heterocycles. The number of benzene rings is 2. The number of likely N-dealkylation sites (N-methyl/N-ethyl adjacent to an activating group) is 1. The van der Waals surface area contributed by atoms with Gasteiger partial charge in [0.15, 0.2) is 0 Å². The van der Waals surface area contributed by atoms with Crippen LogP contribution in [-0.2, 0) is 10.0 Å². The largest absolute Gasteiger partial charge is 0.495 e. The van der Waals surface area contributed by atoms with Crippen molar-refractivity contribution in [2.24, 2.45) is 0 Å². The molecule has 0 fully saturated rings. The van der Waals surface area contributed by atoms with Crippen LogP contribution in [0.3, 0.4) is 0 Å². The third-order valence-corrected chi connectivity index (χ3v) is 5.72. The molecule has 6 nitrogen and oxygen atoms in total. The van der Waals surface area contributed by atoms with Crippen LogP contribution in [0.4, 0.5) is 0 Å². The Morgan fingerprint density at radius 1 is 1.11 bits per heavy atom. The Morgan fingerprint density at radius 2 is 1.78 bits per heavy atom. The van der Waals surface area contributed by atoms with Crippen molar-refractivity contribution in [3.63, 3.8) is 0 Å². The van der Waals surface area contributed by atoms with Gasteiger partial charge in [-0.3, -0.25) is 0 Å². The minimum absolute atomic E-state index is 0.119. The lowest BCUT2D eigenvalue weighted by Gasteiger charge is -2.25. The summed E-state index contributed by atoms with van der Waals surface area (Å²) in [7, 11) is 1.60. The molecule has 1 unspecified atom stereocenters. The van der Waals surface area contributed by atoms with Crippen LogP contribution in [0.2, 0.25) is 0 Å². The van der Waals surface area contributed by atoms with Gasteiger partial charge < -0.3 is 14.4 Å². The second-order valence-electron chi connectivity index (χ2n) is 6.49. The van der Waals surface area contributed by atoms with Crippen LogP contribution in [0.15, 0.2) is 47.4 Å². The molecule has 0 saturated heterocycles. The first kappa shape index (κ1) is 21.2. The molecular weight excluding hydrogens is 364 g/mol. The molecule has 0 spiro atoms. The van der Waals surface area contributed by atoms with Crippen molar-refractivity contribution in [3.8, 4) is 11.5 Å². The fraction of sp³-hybridized carbons (Fsp3) is 0.400. The normalized spacial score (nSPS) is 12.8. The zero-order valence-electron chi connectivity index (χ0n) is 16.5. The fourth-order valence-electron chi connectivity index (χ4n) is 2.81. The lowest BCUT2D eigenvalue weighted by molar-refractivity contribution is 0.298. The first-order valence-corrected chi connectivity index (χ1v) is 10.3. The smallest absolute Gasteiger partial charge is 0.244 e. The summed E-state index contributed by atoms with van der Waals surface area (Å²) in [4.78, 5) is 2.13. The summed E-state index contributed by atoms with van der Waals surface area (Å²) in [6, 6.07) is 12.7. The average molecular weight is 393 g/mol. The second kappa shape index (κ2) is 9.21. The summed E-state index contributed by atoms with van der Waals surface area (Å²) in [5, 5.41) is 0. The number of methoxy groups -OCH3 is 1. The number of rotatable bonds is 9. The maximum atomic E-state index is 12.8. The zero-order chi connectivity index (χ0) is 20.0. The van der Waals surface area contributed by atoms with Gasteiger partial charge in [-0.25, -0.2) is 13.1 Å². The predicted molar refractivity (Wildman–Crippen MR) is 107 cm³/mol. The van der Waals surface area contributed by atoms with E-state index in [0.717, 1.165) is 16.9 Å². The molecule has 0 bridgehead atoms. The summed E-state index contributed by atoms with van der Waals surface area (Å²) in [5.74, 6) is 1.12. The maximum Gasteiger partial charge on any atom is 0.244 e. The molecular formula is C20H28N2O4S. The summed E-state index contributed by atoms with van der Waals surface area (Å²) in [5.41, 5.74) is 1.86. The van der Waals surface area contributed by atoms with Gasteiger partial charge in [-0.15, -0.1) is 0 Å². The minimum atomic E-state index is -3.71. The number of hydrogen-bond acceptors (Lipinski definition) is 5. The standard InChI is InChI=1S/C20H28N2O4S/c1-6-26-17-10-8-16(9-11-17)18(22(3)4)14-21-27(23,24)20-13-15(2)7-12-19(20)25-5/h7-13,18,21H,6,14H2,1-5H3. The Balaban J connectivity index is 2.21. The fourth-order valence-corrected chi connectivity index (χ4v) is 4.10. The van der Waals surface area contributed by atoms with Crippen molar-refractivity contribution in [1.82, 2.24) is 9.62 Å². The highest BCUT2D eigenvalue weighted by Gasteiger charge is 2.23. The Kier molecular flexibility index (Phi) is 7.24. The Hall–Kier alpha value is -2.09. The van der Waals surface area contributed by atoms with Gasteiger partial charge in [0, 0.05) is 12.6 Å². The van der Waals surface area contributed by atoms with Gasteiger partial charge >= 0.3 is 0 Å². The molecule has 0 amide bonds. The number of aryl methyl sites for hydroxylation is 1. The molecule has 2 rings (SSSR count). The molecule has 0 aliphatic carbocycles. The van der Waals surface area contributed by atoms with E-state index < -0.39 is 10.0 Å². The van der Waals surface area contributed by atoms with Crippen molar-refractivity contribution in [2.45, 2.75) is 24.8 Å². The number of ether oxygens (including phenoxy) is 2. The highest BCUT2D eigenvalue weighted by molar-refractivity contribution is 7.89. The molecule has 27 heavy (non-hydrogen) atoms. The highest BCUT2D eigenvalue weighted by atomic mass is 32.2. The molecule has 2 aromatic carbocycles. The Morgan fingerprint density at radius 3 is 2.33 bits per heavy atom. The lowest BCUT2D eigenvalue weighted by atomic mass is 10.1. The van der Waals surface area contributed by atoms with Gasteiger partial charge in [0.2, 0.25) is 10.0 Å². The minimum Gasteiger partial charge on any atom is -0.495 e. The van der Waals surface area contributed by atoms with Crippen molar-refractivity contribution >= 4 is 10.0 Å². The number of nitrogens with one attached hydrogen (secondary N) is 1. The number of sulfonamides is 1. The van der Waals surface area contributed by atoms with E-state index in [-0.39, 0.29) is 17.5 Å². The first-order valence-electron chi connectivity index (χ1n) is 8.82. The van der Waals surface area contributed by atoms with Crippen LogP contribution >= 0.6 is 0 Å². The van der Waals surface area contributed by atoms with E-state index in [2.05, 4.69) is 4.72 Å². The van der Waals surface area contributed by atoms with Crippen molar-refractivity contribution in [1.29, 1.82) is 0 Å². The lowest BCUT2D eigenvalue weighted by Crippen LogP contribution is -2.34.